The number of hydrogen-bond acceptors (Lipinski definition) is 4. The zero-order chi connectivity index (χ0) is 18.6. The molecule has 2 unspecified atom stereocenters. The minimum atomic E-state index is -0.423. The second-order valence-corrected chi connectivity index (χ2v) is 8.19. The van der Waals surface area contributed by atoms with E-state index in [0.29, 0.717) is 34.7 Å². The molecule has 0 bridgehead atoms. The van der Waals surface area contributed by atoms with E-state index in [4.69, 9.17) is 17.3 Å². The lowest BCUT2D eigenvalue weighted by Gasteiger charge is -2.28. The molecule has 1 heterocycles. The highest BCUT2D eigenvalue weighted by molar-refractivity contribution is 7.99. The van der Waals surface area contributed by atoms with Crippen LogP contribution in [0.3, 0.4) is 0 Å². The van der Waals surface area contributed by atoms with Gasteiger partial charge in [0.05, 0.1) is 5.88 Å². The summed E-state index contributed by atoms with van der Waals surface area (Å²) in [7, 11) is 1.78. The first-order valence-corrected chi connectivity index (χ1v) is 9.99. The van der Waals surface area contributed by atoms with Gasteiger partial charge in [-0.05, 0) is 36.6 Å². The fraction of sp³-hybridized carbons (Fsp3) is 0.556. The van der Waals surface area contributed by atoms with Gasteiger partial charge in [-0.2, -0.15) is 0 Å². The van der Waals surface area contributed by atoms with Gasteiger partial charge in [-0.15, -0.1) is 11.8 Å². The van der Waals surface area contributed by atoms with Crippen LogP contribution in [-0.2, 0) is 4.79 Å². The molecular weight excluding hydrogens is 358 g/mol. The van der Waals surface area contributed by atoms with Gasteiger partial charge in [-0.25, -0.2) is 0 Å². The van der Waals surface area contributed by atoms with E-state index in [1.807, 2.05) is 0 Å². The minimum Gasteiger partial charge on any atom is -0.344 e. The van der Waals surface area contributed by atoms with Gasteiger partial charge in [0, 0.05) is 36.0 Å². The molecule has 138 valence electrons. The molecule has 0 saturated carbocycles. The standard InChI is InChI=1S/C18H26ClN3O2S/c1-12(2)15(20)8-9-21(3)18(24)16-10-25-11-22(16)17(23)13-4-6-14(19)7-5-13/h4-7,12,15-16H,8-11,20H2,1-3H3. The number of nitrogens with two attached hydrogens (primary N) is 1. The first-order chi connectivity index (χ1) is 11.8. The molecule has 7 heteroatoms. The summed E-state index contributed by atoms with van der Waals surface area (Å²) in [5.41, 5.74) is 6.61. The number of likely N-dealkylation sites (N-methyl/N-ethyl adjacent to an activating group) is 1. The third-order valence-electron chi connectivity index (χ3n) is 4.55. The molecule has 1 aliphatic heterocycles. The molecule has 2 rings (SSSR count). The molecule has 2 atom stereocenters. The Morgan fingerprint density at radius 2 is 2.00 bits per heavy atom. The van der Waals surface area contributed by atoms with Crippen LogP contribution in [-0.4, -0.2) is 58.9 Å². The van der Waals surface area contributed by atoms with Crippen LogP contribution in [0.4, 0.5) is 0 Å². The third-order valence-corrected chi connectivity index (χ3v) is 5.81. The lowest BCUT2D eigenvalue weighted by molar-refractivity contribution is -0.133. The molecule has 0 radical (unpaired) electrons. The van der Waals surface area contributed by atoms with Crippen LogP contribution in [0.5, 0.6) is 0 Å². The van der Waals surface area contributed by atoms with Crippen molar-refractivity contribution in [2.45, 2.75) is 32.4 Å². The second-order valence-electron chi connectivity index (χ2n) is 6.75. The van der Waals surface area contributed by atoms with Crippen molar-refractivity contribution in [3.8, 4) is 0 Å². The monoisotopic (exact) mass is 383 g/mol. The van der Waals surface area contributed by atoms with E-state index in [2.05, 4.69) is 13.8 Å². The van der Waals surface area contributed by atoms with E-state index < -0.39 is 6.04 Å². The topological polar surface area (TPSA) is 66.6 Å². The maximum Gasteiger partial charge on any atom is 0.255 e. The number of carbonyl (C=O) groups excluding carboxylic acids is 2. The lowest BCUT2D eigenvalue weighted by atomic mass is 10.0. The van der Waals surface area contributed by atoms with Crippen LogP contribution in [0.2, 0.25) is 5.02 Å². The number of carbonyl (C=O) groups is 2. The number of hydrogen-bond donors (Lipinski definition) is 1. The molecule has 0 spiro atoms. The fourth-order valence-corrected chi connectivity index (χ4v) is 3.92. The molecule has 25 heavy (non-hydrogen) atoms. The summed E-state index contributed by atoms with van der Waals surface area (Å²) in [4.78, 5) is 28.9. The normalized spacial score (nSPS) is 18.5. The van der Waals surface area contributed by atoms with E-state index in [9.17, 15) is 9.59 Å². The Morgan fingerprint density at radius 1 is 1.36 bits per heavy atom. The van der Waals surface area contributed by atoms with Crippen LogP contribution in [0.1, 0.15) is 30.6 Å². The van der Waals surface area contributed by atoms with Gasteiger partial charge in [-0.3, -0.25) is 9.59 Å². The first-order valence-electron chi connectivity index (χ1n) is 8.46. The number of halogens is 1. The Hall–Kier alpha value is -1.24. The highest BCUT2D eigenvalue weighted by Gasteiger charge is 2.36. The van der Waals surface area contributed by atoms with E-state index >= 15 is 0 Å². The Bertz CT molecular complexity index is 609. The molecule has 1 aromatic rings. The van der Waals surface area contributed by atoms with Crippen LogP contribution in [0, 0.1) is 5.92 Å². The van der Waals surface area contributed by atoms with Crippen molar-refractivity contribution in [1.29, 1.82) is 0 Å². The van der Waals surface area contributed by atoms with Crippen molar-refractivity contribution in [3.05, 3.63) is 34.9 Å². The maximum atomic E-state index is 12.8. The Morgan fingerprint density at radius 3 is 2.60 bits per heavy atom. The molecular formula is C18H26ClN3O2S. The summed E-state index contributed by atoms with van der Waals surface area (Å²) >= 11 is 7.48. The zero-order valence-electron chi connectivity index (χ0n) is 14.9. The van der Waals surface area contributed by atoms with Gasteiger partial charge in [-0.1, -0.05) is 25.4 Å². The molecule has 2 amide bonds. The summed E-state index contributed by atoms with van der Waals surface area (Å²) in [5.74, 6) is 1.37. The minimum absolute atomic E-state index is 0.0248. The van der Waals surface area contributed by atoms with Crippen molar-refractivity contribution in [3.63, 3.8) is 0 Å². The predicted molar refractivity (Wildman–Crippen MR) is 104 cm³/mol. The molecule has 2 N–H and O–H groups in total. The van der Waals surface area contributed by atoms with Gasteiger partial charge >= 0.3 is 0 Å². The molecule has 1 saturated heterocycles. The van der Waals surface area contributed by atoms with Crippen molar-refractivity contribution in [2.75, 3.05) is 25.2 Å². The maximum absolute atomic E-state index is 12.8. The summed E-state index contributed by atoms with van der Waals surface area (Å²) in [5, 5.41) is 0.584. The third kappa shape index (κ3) is 5.12. The molecule has 0 aromatic heterocycles. The molecule has 1 aromatic carbocycles. The van der Waals surface area contributed by atoms with Crippen LogP contribution >= 0.6 is 23.4 Å². The van der Waals surface area contributed by atoms with Crippen molar-refractivity contribution in [1.82, 2.24) is 9.80 Å². The predicted octanol–water partition coefficient (Wildman–Crippen LogP) is 2.69. The smallest absolute Gasteiger partial charge is 0.255 e. The highest BCUT2D eigenvalue weighted by atomic mass is 35.5. The number of thioether (sulfide) groups is 1. The zero-order valence-corrected chi connectivity index (χ0v) is 16.5. The Labute approximate surface area is 158 Å². The first kappa shape index (κ1) is 20.1. The van der Waals surface area contributed by atoms with Crippen molar-refractivity contribution in [2.24, 2.45) is 11.7 Å². The quantitative estimate of drug-likeness (QED) is 0.820. The number of nitrogens with zero attached hydrogens (tertiary/aromatic N) is 2. The van der Waals surface area contributed by atoms with E-state index in [1.54, 1.807) is 52.9 Å². The fourth-order valence-electron chi connectivity index (χ4n) is 2.65. The van der Waals surface area contributed by atoms with Crippen LogP contribution in [0.25, 0.3) is 0 Å². The van der Waals surface area contributed by atoms with Gasteiger partial charge in [0.2, 0.25) is 5.91 Å². The van der Waals surface area contributed by atoms with E-state index in [0.717, 1.165) is 6.42 Å². The van der Waals surface area contributed by atoms with Gasteiger partial charge in [0.1, 0.15) is 6.04 Å². The lowest BCUT2D eigenvalue weighted by Crippen LogP contribution is -2.48. The molecule has 0 aliphatic carbocycles. The summed E-state index contributed by atoms with van der Waals surface area (Å²) < 4.78 is 0. The average Bonchev–Trinajstić information content (AvgIpc) is 3.08. The average molecular weight is 384 g/mol. The number of benzene rings is 1. The second kappa shape index (κ2) is 8.92. The van der Waals surface area contributed by atoms with Gasteiger partial charge < -0.3 is 15.5 Å². The molecule has 1 aliphatic rings. The molecule has 1 fully saturated rings. The van der Waals surface area contributed by atoms with Crippen molar-refractivity contribution < 1.29 is 9.59 Å². The Kier molecular flexibility index (Phi) is 7.16. The largest absolute Gasteiger partial charge is 0.344 e. The van der Waals surface area contributed by atoms with Gasteiger partial charge in [0.25, 0.3) is 5.91 Å². The number of rotatable bonds is 6. The summed E-state index contributed by atoms with van der Waals surface area (Å²) in [6, 6.07) is 6.41. The summed E-state index contributed by atoms with van der Waals surface area (Å²) in [6.45, 7) is 4.75. The summed E-state index contributed by atoms with van der Waals surface area (Å²) in [6.07, 6.45) is 0.755. The van der Waals surface area contributed by atoms with Crippen molar-refractivity contribution >= 4 is 35.2 Å². The Balaban J connectivity index is 2.00. The van der Waals surface area contributed by atoms with Crippen LogP contribution < -0.4 is 5.73 Å². The van der Waals surface area contributed by atoms with E-state index in [1.165, 1.54) is 0 Å². The molecule has 5 nitrogen and oxygen atoms in total. The van der Waals surface area contributed by atoms with Gasteiger partial charge in [0.15, 0.2) is 0 Å². The highest BCUT2D eigenvalue weighted by Crippen LogP contribution is 2.25. The number of amides is 2. The SMILES string of the molecule is CC(C)C(N)CCN(C)C(=O)C1CSCN1C(=O)c1ccc(Cl)cc1. The van der Waals surface area contributed by atoms with E-state index in [-0.39, 0.29) is 17.9 Å². The van der Waals surface area contributed by atoms with Crippen LogP contribution in [0.15, 0.2) is 24.3 Å².